The van der Waals surface area contributed by atoms with Gasteiger partial charge in [-0.3, -0.25) is 0 Å². The highest BCUT2D eigenvalue weighted by Crippen LogP contribution is 2.15. The van der Waals surface area contributed by atoms with E-state index in [4.69, 9.17) is 10.2 Å². The number of benzene rings is 1. The van der Waals surface area contributed by atoms with Gasteiger partial charge < -0.3 is 15.3 Å². The normalized spacial score (nSPS) is 9.75. The first-order valence-corrected chi connectivity index (χ1v) is 3.29. The van der Waals surface area contributed by atoms with Crippen LogP contribution in [0.5, 0.6) is 5.75 Å². The van der Waals surface area contributed by atoms with Gasteiger partial charge in [-0.05, 0) is 11.6 Å². The minimum Gasteiger partial charge on any atom is -0.872 e. The van der Waals surface area contributed by atoms with E-state index in [1.807, 2.05) is 0 Å². The molecule has 64 valence electrons. The Balaban J connectivity index is 3.17. The Morgan fingerprint density at radius 1 is 1.50 bits per heavy atom. The van der Waals surface area contributed by atoms with E-state index in [1.54, 1.807) is 0 Å². The van der Waals surface area contributed by atoms with E-state index in [2.05, 4.69) is 0 Å². The van der Waals surface area contributed by atoms with Crippen LogP contribution in [0.15, 0.2) is 18.2 Å². The monoisotopic (exact) mass is 167 g/mol. The van der Waals surface area contributed by atoms with Crippen LogP contribution in [0, 0.1) is 0 Å². The maximum atomic E-state index is 10.9. The van der Waals surface area contributed by atoms with Gasteiger partial charge in [-0.25, -0.2) is 4.79 Å². The molecule has 0 saturated heterocycles. The van der Waals surface area contributed by atoms with Crippen molar-refractivity contribution in [2.24, 2.45) is 0 Å². The lowest BCUT2D eigenvalue weighted by Crippen LogP contribution is -2.04. The van der Waals surface area contributed by atoms with Crippen LogP contribution in [-0.4, -0.2) is 16.2 Å². The van der Waals surface area contributed by atoms with Crippen molar-refractivity contribution < 1.29 is 20.1 Å². The van der Waals surface area contributed by atoms with E-state index in [9.17, 15) is 9.90 Å². The van der Waals surface area contributed by atoms with Gasteiger partial charge in [-0.1, -0.05) is 17.9 Å². The van der Waals surface area contributed by atoms with Crippen LogP contribution in [-0.2, 0) is 6.61 Å². The molecule has 0 unspecified atom stereocenters. The van der Waals surface area contributed by atoms with Crippen molar-refractivity contribution in [2.75, 3.05) is 0 Å². The van der Waals surface area contributed by atoms with Crippen molar-refractivity contribution in [2.45, 2.75) is 6.61 Å². The predicted octanol–water partition coefficient (Wildman–Crippen LogP) is -0.0493. The smallest absolute Gasteiger partial charge is 0.335 e. The zero-order valence-corrected chi connectivity index (χ0v) is 6.15. The van der Waals surface area contributed by atoms with E-state index >= 15 is 0 Å². The van der Waals surface area contributed by atoms with Crippen molar-refractivity contribution in [1.29, 1.82) is 0 Å². The molecule has 2 N–H and O–H groups in total. The summed E-state index contributed by atoms with van der Waals surface area (Å²) >= 11 is 0. The largest absolute Gasteiger partial charge is 0.872 e. The first-order valence-electron chi connectivity index (χ1n) is 3.29. The zero-order valence-electron chi connectivity index (χ0n) is 6.15. The number of aromatic carboxylic acids is 1. The maximum Gasteiger partial charge on any atom is 0.335 e. The van der Waals surface area contributed by atoms with Crippen LogP contribution in [0.4, 0.5) is 0 Å². The third-order valence-corrected chi connectivity index (χ3v) is 1.46. The van der Waals surface area contributed by atoms with Crippen molar-refractivity contribution in [3.8, 4) is 5.75 Å². The lowest BCUT2D eigenvalue weighted by atomic mass is 10.1. The van der Waals surface area contributed by atoms with E-state index < -0.39 is 11.7 Å². The Morgan fingerprint density at radius 2 is 2.17 bits per heavy atom. The molecule has 0 fully saturated rings. The Morgan fingerprint density at radius 3 is 2.67 bits per heavy atom. The van der Waals surface area contributed by atoms with E-state index in [0.29, 0.717) is 5.56 Å². The molecule has 0 amide bonds. The van der Waals surface area contributed by atoms with Crippen LogP contribution in [0.2, 0.25) is 0 Å². The molecular weight excluding hydrogens is 160 g/mol. The molecule has 0 heterocycles. The fourth-order valence-corrected chi connectivity index (χ4v) is 0.843. The molecule has 1 rings (SSSR count). The number of carbonyl (C=O) groups is 1. The van der Waals surface area contributed by atoms with Crippen molar-refractivity contribution in [1.82, 2.24) is 0 Å². The average molecular weight is 167 g/mol. The van der Waals surface area contributed by atoms with Crippen LogP contribution in [0.3, 0.4) is 0 Å². The molecule has 0 saturated carbocycles. The van der Waals surface area contributed by atoms with Gasteiger partial charge in [0.25, 0.3) is 0 Å². The number of hydrogen-bond acceptors (Lipinski definition) is 3. The van der Waals surface area contributed by atoms with Gasteiger partial charge in [-0.2, -0.15) is 0 Å². The molecule has 12 heavy (non-hydrogen) atoms. The minimum absolute atomic E-state index is 0.263. The maximum absolute atomic E-state index is 10.9. The summed E-state index contributed by atoms with van der Waals surface area (Å²) in [5.74, 6) is -1.81. The van der Waals surface area contributed by atoms with Gasteiger partial charge in [0.1, 0.15) is 0 Å². The SMILES string of the molecule is O=C(O)c1cc(CO)ccc1[O-]. The molecular formula is C8H7O4-. The van der Waals surface area contributed by atoms with E-state index in [0.717, 1.165) is 6.07 Å². The standard InChI is InChI=1S/C8H8O4/c9-4-5-1-2-7(10)6(3-5)8(11)12/h1-3,9-10H,4H2,(H,11,12)/p-1. The van der Waals surface area contributed by atoms with Crippen molar-refractivity contribution in [3.63, 3.8) is 0 Å². The number of aliphatic hydroxyl groups excluding tert-OH is 1. The molecule has 0 spiro atoms. The van der Waals surface area contributed by atoms with E-state index in [-0.39, 0.29) is 12.2 Å². The lowest BCUT2D eigenvalue weighted by molar-refractivity contribution is -0.268. The third kappa shape index (κ3) is 1.54. The summed E-state index contributed by atoms with van der Waals surface area (Å²) in [5.41, 5.74) is 0.119. The molecule has 1 aromatic carbocycles. The molecule has 0 aliphatic rings. The third-order valence-electron chi connectivity index (χ3n) is 1.46. The van der Waals surface area contributed by atoms with Crippen molar-refractivity contribution in [3.05, 3.63) is 29.3 Å². The first kappa shape index (κ1) is 8.55. The molecule has 0 bridgehead atoms. The molecule has 4 heteroatoms. The molecule has 0 aliphatic carbocycles. The number of hydrogen-bond donors (Lipinski definition) is 2. The summed E-state index contributed by atoms with van der Waals surface area (Å²) in [5, 5.41) is 28.0. The molecule has 1 aromatic rings. The number of aliphatic hydroxyl groups is 1. The fourth-order valence-electron chi connectivity index (χ4n) is 0.843. The minimum atomic E-state index is -1.27. The zero-order chi connectivity index (χ0) is 9.14. The lowest BCUT2D eigenvalue weighted by Gasteiger charge is -2.10. The van der Waals surface area contributed by atoms with Gasteiger partial charge in [-0.15, -0.1) is 0 Å². The molecule has 0 atom stereocenters. The fraction of sp³-hybridized carbons (Fsp3) is 0.125. The highest BCUT2D eigenvalue weighted by atomic mass is 16.4. The number of carboxylic acid groups (broad SMARTS) is 1. The summed E-state index contributed by atoms with van der Waals surface area (Å²) in [6, 6.07) is 3.70. The summed E-state index contributed by atoms with van der Waals surface area (Å²) in [6.45, 7) is -0.263. The highest BCUT2D eigenvalue weighted by molar-refractivity contribution is 5.90. The second kappa shape index (κ2) is 3.23. The van der Waals surface area contributed by atoms with Crippen molar-refractivity contribution >= 4 is 5.97 Å². The molecule has 0 radical (unpaired) electrons. The first-order chi connectivity index (χ1) is 5.65. The number of carboxylic acids is 1. The summed E-state index contributed by atoms with van der Waals surface area (Å²) in [4.78, 5) is 10.4. The molecule has 4 nitrogen and oxygen atoms in total. The van der Waals surface area contributed by atoms with Gasteiger partial charge in [0.2, 0.25) is 0 Å². The van der Waals surface area contributed by atoms with Crippen LogP contribution >= 0.6 is 0 Å². The highest BCUT2D eigenvalue weighted by Gasteiger charge is 2.03. The molecule has 0 aliphatic heterocycles. The van der Waals surface area contributed by atoms with Crippen LogP contribution in [0.1, 0.15) is 15.9 Å². The Hall–Kier alpha value is -1.55. The van der Waals surface area contributed by atoms with E-state index in [1.165, 1.54) is 12.1 Å². The van der Waals surface area contributed by atoms with Crippen LogP contribution in [0.25, 0.3) is 0 Å². The Bertz CT molecular complexity index is 306. The Kier molecular flexibility index (Phi) is 2.30. The quantitative estimate of drug-likeness (QED) is 0.647. The van der Waals surface area contributed by atoms with Gasteiger partial charge >= 0.3 is 5.97 Å². The van der Waals surface area contributed by atoms with Gasteiger partial charge in [0.05, 0.1) is 12.2 Å². The van der Waals surface area contributed by atoms with Gasteiger partial charge in [0, 0.05) is 0 Å². The van der Waals surface area contributed by atoms with Crippen LogP contribution < -0.4 is 5.11 Å². The van der Waals surface area contributed by atoms with Gasteiger partial charge in [0.15, 0.2) is 0 Å². The summed E-state index contributed by atoms with van der Waals surface area (Å²) in [6.07, 6.45) is 0. The number of rotatable bonds is 2. The molecule has 0 aromatic heterocycles. The second-order valence-corrected chi connectivity index (χ2v) is 2.29. The average Bonchev–Trinajstić information content (AvgIpc) is 2.05. The second-order valence-electron chi connectivity index (χ2n) is 2.29. The Labute approximate surface area is 68.7 Å². The summed E-state index contributed by atoms with van der Waals surface area (Å²) < 4.78 is 0. The topological polar surface area (TPSA) is 80.6 Å². The summed E-state index contributed by atoms with van der Waals surface area (Å²) in [7, 11) is 0. The predicted molar refractivity (Wildman–Crippen MR) is 38.8 cm³/mol.